The molecule has 0 bridgehead atoms. The van der Waals surface area contributed by atoms with E-state index in [-0.39, 0.29) is 11.3 Å². The molecule has 1 aromatic carbocycles. The lowest BCUT2D eigenvalue weighted by molar-refractivity contribution is 0.380. The van der Waals surface area contributed by atoms with Crippen LogP contribution in [-0.2, 0) is 10.2 Å². The molecule has 0 N–H and O–H groups in total. The molecule has 0 aliphatic carbocycles. The maximum atomic E-state index is 12.7. The van der Waals surface area contributed by atoms with Crippen molar-refractivity contribution in [3.8, 4) is 11.7 Å². The van der Waals surface area contributed by atoms with E-state index in [0.29, 0.717) is 5.69 Å². The van der Waals surface area contributed by atoms with Gasteiger partial charge in [0.1, 0.15) is 0 Å². The predicted octanol–water partition coefficient (Wildman–Crippen LogP) is 1.59. The van der Waals surface area contributed by atoms with Crippen LogP contribution in [0, 0.1) is 0 Å². The topological polar surface area (TPSA) is 74.1 Å². The molecule has 6 nitrogen and oxygen atoms in total. The first-order chi connectivity index (χ1) is 8.41. The molecule has 0 saturated heterocycles. The lowest BCUT2D eigenvalue weighted by atomic mass is 10.3. The molecular weight excluding hydrogens is 285 g/mol. The Hall–Kier alpha value is -1.67. The average Bonchev–Trinajstić information content (AvgIpc) is 2.70. The van der Waals surface area contributed by atoms with Gasteiger partial charge in [-0.05, 0) is 35.9 Å². The molecule has 96 valence electrons. The molecule has 0 saturated carbocycles. The Balaban J connectivity index is 2.43. The van der Waals surface area contributed by atoms with Crippen molar-refractivity contribution in [3.63, 3.8) is 0 Å². The Labute approximate surface area is 107 Å². The number of ether oxygens (including phenoxy) is 1. The first-order valence-electron chi connectivity index (χ1n) is 4.63. The molecule has 0 aliphatic rings. The molecule has 0 aliphatic heterocycles. The second kappa shape index (κ2) is 4.54. The van der Waals surface area contributed by atoms with E-state index >= 15 is 0 Å². The Morgan fingerprint density at radius 3 is 2.39 bits per heavy atom. The SMILES string of the molecule is COc1nc(Cl)n(-c2ccc(S(=O)(=O)F)cc2)n1. The van der Waals surface area contributed by atoms with Crippen molar-refractivity contribution in [2.24, 2.45) is 0 Å². The second-order valence-corrected chi connectivity index (χ2v) is 4.90. The van der Waals surface area contributed by atoms with Gasteiger partial charge in [0, 0.05) is 0 Å². The first kappa shape index (κ1) is 12.8. The summed E-state index contributed by atoms with van der Waals surface area (Å²) >= 11 is 5.80. The number of rotatable bonds is 3. The van der Waals surface area contributed by atoms with Crippen LogP contribution in [0.15, 0.2) is 29.2 Å². The number of aromatic nitrogens is 3. The summed E-state index contributed by atoms with van der Waals surface area (Å²) in [5, 5.41) is 3.94. The van der Waals surface area contributed by atoms with Gasteiger partial charge in [0.2, 0.25) is 5.28 Å². The molecule has 0 spiro atoms. The van der Waals surface area contributed by atoms with Crippen LogP contribution >= 0.6 is 11.6 Å². The summed E-state index contributed by atoms with van der Waals surface area (Å²) in [4.78, 5) is 3.34. The smallest absolute Gasteiger partial charge is 0.336 e. The van der Waals surface area contributed by atoms with E-state index in [1.54, 1.807) is 0 Å². The highest BCUT2D eigenvalue weighted by atomic mass is 35.5. The molecule has 9 heteroatoms. The summed E-state index contributed by atoms with van der Waals surface area (Å²) in [5.41, 5.74) is 0.434. The largest absolute Gasteiger partial charge is 0.466 e. The van der Waals surface area contributed by atoms with Crippen LogP contribution in [-0.4, -0.2) is 30.3 Å². The summed E-state index contributed by atoms with van der Waals surface area (Å²) in [5.74, 6) is 0. The van der Waals surface area contributed by atoms with Gasteiger partial charge in [-0.2, -0.15) is 18.1 Å². The molecule has 2 rings (SSSR count). The zero-order valence-electron chi connectivity index (χ0n) is 9.04. The van der Waals surface area contributed by atoms with Gasteiger partial charge in [0.05, 0.1) is 17.7 Å². The van der Waals surface area contributed by atoms with E-state index in [4.69, 9.17) is 16.3 Å². The third-order valence-electron chi connectivity index (χ3n) is 2.09. The molecule has 0 unspecified atom stereocenters. The van der Waals surface area contributed by atoms with Gasteiger partial charge in [0.25, 0.3) is 0 Å². The van der Waals surface area contributed by atoms with Gasteiger partial charge in [-0.15, -0.1) is 8.98 Å². The standard InChI is InChI=1S/C9H7ClFN3O3S/c1-17-9-12-8(10)14(13-9)6-2-4-7(5-3-6)18(11,15)16/h2-5H,1H3. The fraction of sp³-hybridized carbons (Fsp3) is 0.111. The summed E-state index contributed by atoms with van der Waals surface area (Å²) in [6.45, 7) is 0. The van der Waals surface area contributed by atoms with Crippen LogP contribution in [0.1, 0.15) is 0 Å². The van der Waals surface area contributed by atoms with Gasteiger partial charge in [0.15, 0.2) is 0 Å². The predicted molar refractivity (Wildman–Crippen MR) is 61.2 cm³/mol. The second-order valence-electron chi connectivity index (χ2n) is 3.21. The van der Waals surface area contributed by atoms with E-state index in [1.165, 1.54) is 23.9 Å². The molecule has 0 fully saturated rings. The van der Waals surface area contributed by atoms with Gasteiger partial charge >= 0.3 is 16.2 Å². The maximum absolute atomic E-state index is 12.7. The van der Waals surface area contributed by atoms with E-state index in [1.807, 2.05) is 0 Å². The fourth-order valence-corrected chi connectivity index (χ4v) is 1.94. The van der Waals surface area contributed by atoms with Crippen molar-refractivity contribution in [2.75, 3.05) is 7.11 Å². The summed E-state index contributed by atoms with van der Waals surface area (Å²) in [7, 11) is -3.33. The van der Waals surface area contributed by atoms with Crippen LogP contribution in [0.2, 0.25) is 5.28 Å². The summed E-state index contributed by atoms with van der Waals surface area (Å²) in [6.07, 6.45) is 0. The molecular formula is C9H7ClFN3O3S. The van der Waals surface area contributed by atoms with E-state index in [9.17, 15) is 12.3 Å². The van der Waals surface area contributed by atoms with E-state index in [0.717, 1.165) is 12.1 Å². The number of nitrogens with zero attached hydrogens (tertiary/aromatic N) is 3. The van der Waals surface area contributed by atoms with Crippen molar-refractivity contribution >= 4 is 21.8 Å². The highest BCUT2D eigenvalue weighted by molar-refractivity contribution is 7.86. The van der Waals surface area contributed by atoms with E-state index < -0.39 is 15.1 Å². The summed E-state index contributed by atoms with van der Waals surface area (Å²) < 4.78 is 40.0. The van der Waals surface area contributed by atoms with Gasteiger partial charge in [-0.3, -0.25) is 0 Å². The minimum Gasteiger partial charge on any atom is -0.466 e. The van der Waals surface area contributed by atoms with Crippen molar-refractivity contribution in [2.45, 2.75) is 4.90 Å². The van der Waals surface area contributed by atoms with Gasteiger partial charge in [-0.1, -0.05) is 0 Å². The molecule has 0 atom stereocenters. The summed E-state index contributed by atoms with van der Waals surface area (Å²) in [6, 6.07) is 4.99. The average molecular weight is 292 g/mol. The van der Waals surface area contributed by atoms with Crippen LogP contribution < -0.4 is 4.74 Å². The highest BCUT2D eigenvalue weighted by Crippen LogP contribution is 2.19. The molecule has 0 amide bonds. The third kappa shape index (κ3) is 2.44. The lowest BCUT2D eigenvalue weighted by Gasteiger charge is -2.01. The van der Waals surface area contributed by atoms with Crippen molar-refractivity contribution in [1.29, 1.82) is 0 Å². The maximum Gasteiger partial charge on any atom is 0.336 e. The quantitative estimate of drug-likeness (QED) is 0.803. The molecule has 1 aromatic heterocycles. The zero-order chi connectivity index (χ0) is 13.3. The molecule has 2 aromatic rings. The van der Waals surface area contributed by atoms with Crippen LogP contribution in [0.4, 0.5) is 3.89 Å². The van der Waals surface area contributed by atoms with Gasteiger partial charge in [-0.25, -0.2) is 0 Å². The zero-order valence-corrected chi connectivity index (χ0v) is 10.6. The number of hydrogen-bond donors (Lipinski definition) is 0. The van der Waals surface area contributed by atoms with Crippen molar-refractivity contribution in [1.82, 2.24) is 14.8 Å². The lowest BCUT2D eigenvalue weighted by Crippen LogP contribution is -1.98. The van der Waals surface area contributed by atoms with Crippen LogP contribution in [0.25, 0.3) is 5.69 Å². The minimum atomic E-state index is -4.71. The highest BCUT2D eigenvalue weighted by Gasteiger charge is 2.13. The minimum absolute atomic E-state index is 0.0442. The number of halogens is 2. The monoisotopic (exact) mass is 291 g/mol. The van der Waals surface area contributed by atoms with Gasteiger partial charge < -0.3 is 4.74 Å². The van der Waals surface area contributed by atoms with E-state index in [2.05, 4.69) is 10.1 Å². The molecule has 1 heterocycles. The third-order valence-corrected chi connectivity index (χ3v) is 3.17. The normalized spacial score (nSPS) is 11.5. The number of benzene rings is 1. The van der Waals surface area contributed by atoms with Crippen molar-refractivity contribution < 1.29 is 17.0 Å². The Morgan fingerprint density at radius 2 is 1.94 bits per heavy atom. The molecule has 18 heavy (non-hydrogen) atoms. The number of methoxy groups -OCH3 is 1. The first-order valence-corrected chi connectivity index (χ1v) is 6.39. The Bertz CT molecular complexity index is 669. The Morgan fingerprint density at radius 1 is 1.33 bits per heavy atom. The number of hydrogen-bond acceptors (Lipinski definition) is 5. The van der Waals surface area contributed by atoms with Crippen molar-refractivity contribution in [3.05, 3.63) is 29.5 Å². The van der Waals surface area contributed by atoms with Crippen LogP contribution in [0.5, 0.6) is 6.01 Å². The fourth-order valence-electron chi connectivity index (χ4n) is 1.28. The molecule has 0 radical (unpaired) electrons. The Kier molecular flexibility index (Phi) is 3.22. The van der Waals surface area contributed by atoms with Crippen LogP contribution in [0.3, 0.4) is 0 Å².